The molecule has 3 aliphatic heterocycles. The van der Waals surface area contributed by atoms with Gasteiger partial charge in [0, 0.05) is 45.6 Å². The highest BCUT2D eigenvalue weighted by molar-refractivity contribution is 5.79. The van der Waals surface area contributed by atoms with Crippen LogP contribution in [0.15, 0.2) is 0 Å². The molecule has 1 aromatic rings. The van der Waals surface area contributed by atoms with E-state index >= 15 is 0 Å². The highest BCUT2D eigenvalue weighted by Gasteiger charge is 2.41. The van der Waals surface area contributed by atoms with Gasteiger partial charge in [-0.3, -0.25) is 14.4 Å². The number of rotatable bonds is 6. The summed E-state index contributed by atoms with van der Waals surface area (Å²) in [5.74, 6) is 2.18. The van der Waals surface area contributed by atoms with Crippen LogP contribution in [-0.2, 0) is 20.9 Å². The van der Waals surface area contributed by atoms with Crippen LogP contribution in [0.4, 0.5) is 0 Å². The molecule has 0 unspecified atom stereocenters. The molecule has 0 radical (unpaired) electrons. The first-order chi connectivity index (χ1) is 14.9. The van der Waals surface area contributed by atoms with Crippen molar-refractivity contribution >= 4 is 17.7 Å². The third kappa shape index (κ3) is 4.91. The average Bonchev–Trinajstić information content (AvgIpc) is 3.38. The Morgan fingerprint density at radius 1 is 1.06 bits per heavy atom. The summed E-state index contributed by atoms with van der Waals surface area (Å²) in [5.41, 5.74) is 0. The highest BCUT2D eigenvalue weighted by Crippen LogP contribution is 2.30. The average molecular weight is 431 g/mol. The lowest BCUT2D eigenvalue weighted by Crippen LogP contribution is -2.46. The summed E-state index contributed by atoms with van der Waals surface area (Å²) < 4.78 is 1.68. The van der Waals surface area contributed by atoms with Gasteiger partial charge in [0.25, 0.3) is 0 Å². The fourth-order valence-electron chi connectivity index (χ4n) is 5.31. The van der Waals surface area contributed by atoms with Crippen molar-refractivity contribution < 1.29 is 14.4 Å². The number of carbonyl (C=O) groups excluding carboxylic acids is 3. The molecule has 0 aliphatic carbocycles. The van der Waals surface area contributed by atoms with E-state index in [-0.39, 0.29) is 30.3 Å². The molecule has 0 N–H and O–H groups in total. The van der Waals surface area contributed by atoms with Gasteiger partial charge in [0.1, 0.15) is 18.2 Å². The Morgan fingerprint density at radius 3 is 2.61 bits per heavy atom. The molecule has 4 rings (SSSR count). The summed E-state index contributed by atoms with van der Waals surface area (Å²) in [5, 5.41) is 4.33. The summed E-state index contributed by atoms with van der Waals surface area (Å²) in [4.78, 5) is 47.8. The van der Waals surface area contributed by atoms with Crippen molar-refractivity contribution in [2.45, 2.75) is 71.4 Å². The van der Waals surface area contributed by atoms with Crippen molar-refractivity contribution in [2.24, 2.45) is 5.92 Å². The van der Waals surface area contributed by atoms with E-state index in [2.05, 4.69) is 10.1 Å². The molecule has 4 heterocycles. The molecule has 0 spiro atoms. The third-order valence-corrected chi connectivity index (χ3v) is 6.94. The van der Waals surface area contributed by atoms with E-state index in [1.807, 2.05) is 28.5 Å². The second-order valence-corrected chi connectivity index (χ2v) is 9.16. The van der Waals surface area contributed by atoms with Gasteiger partial charge >= 0.3 is 0 Å². The van der Waals surface area contributed by atoms with Crippen LogP contribution in [0.5, 0.6) is 0 Å². The van der Waals surface area contributed by atoms with Crippen LogP contribution in [0.25, 0.3) is 0 Å². The molecule has 0 saturated carbocycles. The van der Waals surface area contributed by atoms with Gasteiger partial charge in [-0.25, -0.2) is 9.67 Å². The Hall–Kier alpha value is -2.45. The molecule has 3 saturated heterocycles. The maximum atomic E-state index is 13.1. The molecule has 3 amide bonds. The summed E-state index contributed by atoms with van der Waals surface area (Å²) in [7, 11) is 0. The van der Waals surface area contributed by atoms with E-state index in [4.69, 9.17) is 0 Å². The second kappa shape index (κ2) is 9.36. The fourth-order valence-corrected chi connectivity index (χ4v) is 5.31. The van der Waals surface area contributed by atoms with Crippen molar-refractivity contribution in [3.63, 3.8) is 0 Å². The molecule has 2 atom stereocenters. The summed E-state index contributed by atoms with van der Waals surface area (Å²) in [6, 6.07) is 0.0871. The largest absolute Gasteiger partial charge is 0.343 e. The lowest BCUT2D eigenvalue weighted by atomic mass is 9.98. The Bertz CT molecular complexity index is 837. The van der Waals surface area contributed by atoms with E-state index in [0.29, 0.717) is 44.1 Å². The van der Waals surface area contributed by atoms with E-state index in [1.54, 1.807) is 4.68 Å². The smallest absolute Gasteiger partial charge is 0.244 e. The van der Waals surface area contributed by atoms with E-state index < -0.39 is 0 Å². The number of aromatic nitrogens is 3. The topological polar surface area (TPSA) is 91.6 Å². The highest BCUT2D eigenvalue weighted by atomic mass is 16.2. The van der Waals surface area contributed by atoms with Crippen molar-refractivity contribution in [1.29, 1.82) is 0 Å². The van der Waals surface area contributed by atoms with Gasteiger partial charge in [-0.1, -0.05) is 6.42 Å². The Balaban J connectivity index is 1.34. The summed E-state index contributed by atoms with van der Waals surface area (Å²) >= 11 is 0. The molecule has 9 nitrogen and oxygen atoms in total. The van der Waals surface area contributed by atoms with E-state index in [0.717, 1.165) is 51.1 Å². The number of hydrogen-bond acceptors (Lipinski definition) is 5. The van der Waals surface area contributed by atoms with Crippen LogP contribution < -0.4 is 0 Å². The molecule has 3 aliphatic rings. The molecule has 9 heteroatoms. The minimum atomic E-state index is 0.0618. The van der Waals surface area contributed by atoms with Crippen LogP contribution in [0.3, 0.4) is 0 Å². The van der Waals surface area contributed by atoms with Crippen LogP contribution in [0, 0.1) is 19.8 Å². The minimum Gasteiger partial charge on any atom is -0.343 e. The Morgan fingerprint density at radius 2 is 1.90 bits per heavy atom. The first-order valence-electron chi connectivity index (χ1n) is 11.7. The summed E-state index contributed by atoms with van der Waals surface area (Å²) in [6.45, 7) is 7.49. The maximum Gasteiger partial charge on any atom is 0.244 e. The van der Waals surface area contributed by atoms with Gasteiger partial charge in [0.2, 0.25) is 17.7 Å². The molecule has 0 bridgehead atoms. The molecule has 170 valence electrons. The number of amides is 3. The van der Waals surface area contributed by atoms with Gasteiger partial charge < -0.3 is 14.7 Å². The first kappa shape index (κ1) is 21.8. The van der Waals surface area contributed by atoms with Gasteiger partial charge in [0.05, 0.1) is 6.04 Å². The fraction of sp³-hybridized carbons (Fsp3) is 0.773. The molecular formula is C22H34N6O3. The predicted molar refractivity (Wildman–Crippen MR) is 114 cm³/mol. The van der Waals surface area contributed by atoms with E-state index in [9.17, 15) is 14.4 Å². The Labute approximate surface area is 183 Å². The minimum absolute atomic E-state index is 0.0618. The molecule has 31 heavy (non-hydrogen) atoms. The number of hydrogen-bond donors (Lipinski definition) is 0. The maximum absolute atomic E-state index is 13.1. The molecule has 1 aromatic heterocycles. The van der Waals surface area contributed by atoms with Crippen LogP contribution in [0.2, 0.25) is 0 Å². The van der Waals surface area contributed by atoms with Gasteiger partial charge in [-0.05, 0) is 45.4 Å². The third-order valence-electron chi connectivity index (χ3n) is 6.94. The first-order valence-corrected chi connectivity index (χ1v) is 11.7. The van der Waals surface area contributed by atoms with Crippen molar-refractivity contribution in [3.8, 4) is 0 Å². The van der Waals surface area contributed by atoms with Gasteiger partial charge in [-0.2, -0.15) is 5.10 Å². The zero-order valence-electron chi connectivity index (χ0n) is 18.8. The molecule has 0 aromatic carbocycles. The lowest BCUT2D eigenvalue weighted by Gasteiger charge is -2.30. The number of aryl methyl sites for hydroxylation is 2. The van der Waals surface area contributed by atoms with Crippen molar-refractivity contribution in [3.05, 3.63) is 11.6 Å². The van der Waals surface area contributed by atoms with Crippen LogP contribution >= 0.6 is 0 Å². The van der Waals surface area contributed by atoms with Crippen LogP contribution in [-0.4, -0.2) is 86.0 Å². The number of fused-ring (bicyclic) bond motifs is 1. The Kier molecular flexibility index (Phi) is 6.57. The lowest BCUT2D eigenvalue weighted by molar-refractivity contribution is -0.136. The number of carbonyl (C=O) groups is 3. The zero-order valence-corrected chi connectivity index (χ0v) is 18.8. The molecule has 3 fully saturated rings. The van der Waals surface area contributed by atoms with Gasteiger partial charge in [-0.15, -0.1) is 0 Å². The molecular weight excluding hydrogens is 396 g/mol. The van der Waals surface area contributed by atoms with E-state index in [1.165, 1.54) is 0 Å². The standard InChI is InChI=1S/C22H34N6O3/c1-16-23-17(2)28(24-16)15-22(31)27-12-4-3-7-18-13-26(14-19(18)27)21(30)9-6-11-25-10-5-8-20(25)29/h18-19H,3-15H2,1-2H3/t18-,19+/m0/s1. The second-order valence-electron chi connectivity index (χ2n) is 9.16. The zero-order chi connectivity index (χ0) is 22.0. The number of likely N-dealkylation sites (tertiary alicyclic amines) is 3. The summed E-state index contributed by atoms with van der Waals surface area (Å²) in [6.07, 6.45) is 5.90. The monoisotopic (exact) mass is 430 g/mol. The normalized spacial score (nSPS) is 23.9. The van der Waals surface area contributed by atoms with Gasteiger partial charge in [0.15, 0.2) is 0 Å². The quantitative estimate of drug-likeness (QED) is 0.675. The van der Waals surface area contributed by atoms with Crippen molar-refractivity contribution in [2.75, 3.05) is 32.7 Å². The SMILES string of the molecule is Cc1nc(C)n(CC(=O)N2CCCC[C@H]3CN(C(=O)CCCN4CCCC4=O)C[C@H]32)n1. The number of nitrogens with zero attached hydrogens (tertiary/aromatic N) is 6. The van der Waals surface area contributed by atoms with Crippen molar-refractivity contribution in [1.82, 2.24) is 29.5 Å². The predicted octanol–water partition coefficient (Wildman–Crippen LogP) is 1.14. The van der Waals surface area contributed by atoms with Crippen LogP contribution in [0.1, 0.15) is 56.6 Å².